The zero-order valence-corrected chi connectivity index (χ0v) is 14.5. The van der Waals surface area contributed by atoms with Crippen molar-refractivity contribution in [3.05, 3.63) is 51.9 Å². The Kier molecular flexibility index (Phi) is 4.16. The predicted octanol–water partition coefficient (Wildman–Crippen LogP) is 2.88. The molecule has 0 radical (unpaired) electrons. The van der Waals surface area contributed by atoms with Crippen molar-refractivity contribution in [2.24, 2.45) is 0 Å². The van der Waals surface area contributed by atoms with E-state index in [0.29, 0.717) is 22.3 Å². The maximum absolute atomic E-state index is 12.1. The van der Waals surface area contributed by atoms with Crippen molar-refractivity contribution >= 4 is 16.9 Å². The van der Waals surface area contributed by atoms with Gasteiger partial charge in [-0.1, -0.05) is 6.08 Å². The SMILES string of the molecule is C/C=C(\C)C(=O)OC(C)(C)[C@H]1Oc2ccc3ccc(=O)oc3c2[C@H]1O. The van der Waals surface area contributed by atoms with E-state index in [1.807, 2.05) is 0 Å². The minimum Gasteiger partial charge on any atom is -0.483 e. The number of hydrogen-bond donors (Lipinski definition) is 1. The van der Waals surface area contributed by atoms with E-state index in [-0.39, 0.29) is 5.58 Å². The Morgan fingerprint density at radius 3 is 2.64 bits per heavy atom. The van der Waals surface area contributed by atoms with E-state index in [2.05, 4.69) is 0 Å². The molecule has 0 unspecified atom stereocenters. The first-order valence-corrected chi connectivity index (χ1v) is 8.02. The second kappa shape index (κ2) is 6.04. The van der Waals surface area contributed by atoms with Gasteiger partial charge in [-0.15, -0.1) is 0 Å². The highest BCUT2D eigenvalue weighted by molar-refractivity contribution is 5.88. The van der Waals surface area contributed by atoms with Crippen LogP contribution >= 0.6 is 0 Å². The van der Waals surface area contributed by atoms with Crippen LogP contribution in [0.15, 0.2) is 45.1 Å². The van der Waals surface area contributed by atoms with Crippen LogP contribution in [0.1, 0.15) is 39.4 Å². The van der Waals surface area contributed by atoms with E-state index in [1.54, 1.807) is 52.0 Å². The molecule has 1 aromatic heterocycles. The molecule has 3 rings (SSSR count). The lowest BCUT2D eigenvalue weighted by molar-refractivity contribution is -0.165. The van der Waals surface area contributed by atoms with E-state index in [1.165, 1.54) is 6.07 Å². The van der Waals surface area contributed by atoms with Crippen LogP contribution in [0.3, 0.4) is 0 Å². The minimum atomic E-state index is -1.10. The standard InChI is InChI=1S/C19H20O6/c1-5-10(2)18(22)25-19(3,4)17-15(21)14-12(23-17)8-6-11-7-9-13(20)24-16(11)14/h5-9,15,17,21H,1-4H3/b10-5+/t15-,17+/m1/s1. The van der Waals surface area contributed by atoms with Crippen LogP contribution in [0.4, 0.5) is 0 Å². The number of benzene rings is 1. The van der Waals surface area contributed by atoms with Crippen molar-refractivity contribution in [3.8, 4) is 5.75 Å². The molecular weight excluding hydrogens is 324 g/mol. The highest BCUT2D eigenvalue weighted by atomic mass is 16.6. The smallest absolute Gasteiger partial charge is 0.336 e. The van der Waals surface area contributed by atoms with Crippen molar-refractivity contribution < 1.29 is 23.8 Å². The van der Waals surface area contributed by atoms with Crippen LogP contribution in [0.5, 0.6) is 5.75 Å². The van der Waals surface area contributed by atoms with Crippen LogP contribution in [0.25, 0.3) is 11.0 Å². The molecule has 0 amide bonds. The monoisotopic (exact) mass is 344 g/mol. The van der Waals surface area contributed by atoms with Gasteiger partial charge in [0.25, 0.3) is 0 Å². The third-order valence-electron chi connectivity index (χ3n) is 4.42. The molecule has 1 aromatic carbocycles. The number of carbonyl (C=O) groups is 1. The number of aliphatic hydroxyl groups excluding tert-OH is 1. The zero-order valence-electron chi connectivity index (χ0n) is 14.5. The summed E-state index contributed by atoms with van der Waals surface area (Å²) in [6, 6.07) is 6.40. The Morgan fingerprint density at radius 1 is 1.28 bits per heavy atom. The molecule has 0 aliphatic carbocycles. The number of carbonyl (C=O) groups excluding carboxylic acids is 1. The average molecular weight is 344 g/mol. The number of ether oxygens (including phenoxy) is 2. The first-order valence-electron chi connectivity index (χ1n) is 8.02. The number of fused-ring (bicyclic) bond motifs is 3. The van der Waals surface area contributed by atoms with Crippen LogP contribution in [0, 0.1) is 0 Å². The van der Waals surface area contributed by atoms with Crippen molar-refractivity contribution in [1.82, 2.24) is 0 Å². The Hall–Kier alpha value is -2.60. The molecule has 1 aliphatic heterocycles. The van der Waals surface area contributed by atoms with Crippen molar-refractivity contribution in [2.75, 3.05) is 0 Å². The van der Waals surface area contributed by atoms with Gasteiger partial charge in [0.1, 0.15) is 23.0 Å². The summed E-state index contributed by atoms with van der Waals surface area (Å²) in [7, 11) is 0. The molecule has 132 valence electrons. The molecular formula is C19H20O6. The topological polar surface area (TPSA) is 86.0 Å². The quantitative estimate of drug-likeness (QED) is 0.523. The summed E-state index contributed by atoms with van der Waals surface area (Å²) in [6.45, 7) is 6.74. The number of esters is 1. The molecule has 6 nitrogen and oxygen atoms in total. The van der Waals surface area contributed by atoms with Gasteiger partial charge in [-0.25, -0.2) is 9.59 Å². The lowest BCUT2D eigenvalue weighted by atomic mass is 9.93. The Labute approximate surface area is 144 Å². The highest BCUT2D eigenvalue weighted by Crippen LogP contribution is 2.45. The second-order valence-electron chi connectivity index (χ2n) is 6.60. The first kappa shape index (κ1) is 17.2. The summed E-state index contributed by atoms with van der Waals surface area (Å²) in [5, 5.41) is 11.5. The van der Waals surface area contributed by atoms with Gasteiger partial charge in [-0.05, 0) is 45.9 Å². The molecule has 2 aromatic rings. The van der Waals surface area contributed by atoms with Gasteiger partial charge in [0, 0.05) is 17.0 Å². The summed E-state index contributed by atoms with van der Waals surface area (Å²) >= 11 is 0. The Bertz CT molecular complexity index is 921. The Morgan fingerprint density at radius 2 is 1.96 bits per heavy atom. The molecule has 0 spiro atoms. The molecule has 2 heterocycles. The summed E-state index contributed by atoms with van der Waals surface area (Å²) < 4.78 is 16.6. The van der Waals surface area contributed by atoms with E-state index in [9.17, 15) is 14.7 Å². The predicted molar refractivity (Wildman–Crippen MR) is 91.5 cm³/mol. The molecule has 0 fully saturated rings. The molecule has 6 heteroatoms. The summed E-state index contributed by atoms with van der Waals surface area (Å²) in [5.41, 5.74) is -0.458. The highest BCUT2D eigenvalue weighted by Gasteiger charge is 2.47. The van der Waals surface area contributed by atoms with Gasteiger partial charge in [-0.2, -0.15) is 0 Å². The maximum atomic E-state index is 12.1. The molecule has 25 heavy (non-hydrogen) atoms. The van der Waals surface area contributed by atoms with E-state index >= 15 is 0 Å². The van der Waals surface area contributed by atoms with Gasteiger partial charge in [0.05, 0.1) is 5.56 Å². The number of rotatable bonds is 3. The molecule has 2 atom stereocenters. The number of hydrogen-bond acceptors (Lipinski definition) is 6. The van der Waals surface area contributed by atoms with Crippen molar-refractivity contribution in [3.63, 3.8) is 0 Å². The van der Waals surface area contributed by atoms with Gasteiger partial charge in [0.15, 0.2) is 6.10 Å². The molecule has 1 aliphatic rings. The fourth-order valence-electron chi connectivity index (χ4n) is 2.89. The molecule has 0 bridgehead atoms. The second-order valence-corrected chi connectivity index (χ2v) is 6.60. The van der Waals surface area contributed by atoms with Crippen LogP contribution in [-0.4, -0.2) is 22.8 Å². The van der Waals surface area contributed by atoms with Crippen LogP contribution in [0.2, 0.25) is 0 Å². The van der Waals surface area contributed by atoms with Gasteiger partial charge < -0.3 is 19.0 Å². The summed E-state index contributed by atoms with van der Waals surface area (Å²) in [6.07, 6.45) is -0.272. The third-order valence-corrected chi connectivity index (χ3v) is 4.42. The average Bonchev–Trinajstić information content (AvgIpc) is 2.91. The normalized spacial score (nSPS) is 20.3. The minimum absolute atomic E-state index is 0.284. The summed E-state index contributed by atoms with van der Waals surface area (Å²) in [4.78, 5) is 23.7. The van der Waals surface area contributed by atoms with Gasteiger partial charge >= 0.3 is 11.6 Å². The van der Waals surface area contributed by atoms with Gasteiger partial charge in [0.2, 0.25) is 0 Å². The van der Waals surface area contributed by atoms with Gasteiger partial charge in [-0.3, -0.25) is 0 Å². The lowest BCUT2D eigenvalue weighted by Gasteiger charge is -2.32. The summed E-state index contributed by atoms with van der Waals surface area (Å²) in [5.74, 6) is -0.0677. The van der Waals surface area contributed by atoms with Crippen molar-refractivity contribution in [2.45, 2.75) is 45.5 Å². The number of allylic oxidation sites excluding steroid dienone is 1. The number of aliphatic hydroxyl groups is 1. The first-order chi connectivity index (χ1) is 11.7. The van der Waals surface area contributed by atoms with Crippen LogP contribution < -0.4 is 10.4 Å². The van der Waals surface area contributed by atoms with E-state index < -0.39 is 29.4 Å². The van der Waals surface area contributed by atoms with Crippen LogP contribution in [-0.2, 0) is 9.53 Å². The Balaban J connectivity index is 1.98. The van der Waals surface area contributed by atoms with Crippen molar-refractivity contribution in [1.29, 1.82) is 0 Å². The van der Waals surface area contributed by atoms with E-state index in [0.717, 1.165) is 0 Å². The third kappa shape index (κ3) is 2.93. The largest absolute Gasteiger partial charge is 0.483 e. The molecule has 1 N–H and O–H groups in total. The van der Waals surface area contributed by atoms with E-state index in [4.69, 9.17) is 13.9 Å². The lowest BCUT2D eigenvalue weighted by Crippen LogP contribution is -2.45. The fourth-order valence-corrected chi connectivity index (χ4v) is 2.89. The fraction of sp³-hybridized carbons (Fsp3) is 0.368. The molecule has 0 saturated heterocycles. The zero-order chi connectivity index (χ0) is 18.4. The molecule has 0 saturated carbocycles. The maximum Gasteiger partial charge on any atom is 0.336 e.